The number of benzene rings is 1. The number of piperidine rings is 1. The molecule has 1 amide bonds. The minimum Gasteiger partial charge on any atom is -0.471 e. The number of rotatable bonds is 5. The highest BCUT2D eigenvalue weighted by Gasteiger charge is 2.35. The highest BCUT2D eigenvalue weighted by molar-refractivity contribution is 7.89. The first-order valence-electron chi connectivity index (χ1n) is 10.2. The average molecular weight is 469 g/mol. The Hall–Kier alpha value is -2.66. The number of sulfonamides is 1. The van der Waals surface area contributed by atoms with Crippen molar-refractivity contribution in [2.24, 2.45) is 0 Å². The van der Waals surface area contributed by atoms with E-state index < -0.39 is 27.9 Å². The lowest BCUT2D eigenvalue weighted by molar-refractivity contribution is -0.137. The van der Waals surface area contributed by atoms with Crippen molar-refractivity contribution < 1.29 is 31.1 Å². The molecule has 0 N–H and O–H groups in total. The molecule has 2 aliphatic heterocycles. The van der Waals surface area contributed by atoms with Gasteiger partial charge in [-0.3, -0.25) is 4.79 Å². The number of nitrogens with zero attached hydrogens (tertiary/aromatic N) is 3. The monoisotopic (exact) mass is 469 g/mol. The topological polar surface area (TPSA) is 79.8 Å². The number of aromatic nitrogens is 1. The van der Waals surface area contributed by atoms with E-state index in [1.807, 2.05) is 0 Å². The first kappa shape index (κ1) is 22.5. The molecule has 172 valence electrons. The van der Waals surface area contributed by atoms with Crippen LogP contribution in [0.1, 0.15) is 35.2 Å². The Morgan fingerprint density at radius 2 is 1.69 bits per heavy atom. The molecular weight excluding hydrogens is 447 g/mol. The molecule has 4 rings (SSSR count). The number of likely N-dealkylation sites (tertiary alicyclic amines) is 1. The first-order chi connectivity index (χ1) is 15.1. The van der Waals surface area contributed by atoms with Gasteiger partial charge in [-0.05, 0) is 43.2 Å². The number of ether oxygens (including phenoxy) is 1. The molecule has 2 aliphatic rings. The second-order valence-electron chi connectivity index (χ2n) is 7.82. The molecule has 0 radical (unpaired) electrons. The van der Waals surface area contributed by atoms with Crippen LogP contribution in [-0.4, -0.2) is 60.8 Å². The van der Waals surface area contributed by atoms with E-state index in [4.69, 9.17) is 4.74 Å². The van der Waals surface area contributed by atoms with E-state index in [1.54, 1.807) is 0 Å². The van der Waals surface area contributed by atoms with Crippen molar-refractivity contribution in [3.63, 3.8) is 0 Å². The maximum atomic E-state index is 12.8. The first-order valence-corrected chi connectivity index (χ1v) is 11.7. The number of pyridine rings is 1. The highest BCUT2D eigenvalue weighted by Crippen LogP contribution is 2.31. The van der Waals surface area contributed by atoms with Gasteiger partial charge in [0.1, 0.15) is 6.10 Å². The van der Waals surface area contributed by atoms with E-state index in [-0.39, 0.29) is 29.8 Å². The number of hydrogen-bond acceptors (Lipinski definition) is 5. The second kappa shape index (κ2) is 8.70. The lowest BCUT2D eigenvalue weighted by Gasteiger charge is -2.38. The van der Waals surface area contributed by atoms with Crippen molar-refractivity contribution in [3.8, 4) is 5.88 Å². The van der Waals surface area contributed by atoms with Gasteiger partial charge < -0.3 is 9.64 Å². The fourth-order valence-electron chi connectivity index (χ4n) is 3.71. The largest absolute Gasteiger partial charge is 0.471 e. The molecule has 0 aliphatic carbocycles. The maximum Gasteiger partial charge on any atom is 0.416 e. The SMILES string of the molecule is O=C(c1ccc(S(=O)(=O)N2CCCCC2)cc1)N1CC(Oc2cc(C(F)(F)F)ccn2)C1. The van der Waals surface area contributed by atoms with Crippen molar-refractivity contribution in [1.82, 2.24) is 14.2 Å². The molecule has 1 aromatic heterocycles. The molecule has 0 saturated carbocycles. The predicted molar refractivity (Wildman–Crippen MR) is 109 cm³/mol. The van der Waals surface area contributed by atoms with Crippen molar-refractivity contribution in [2.45, 2.75) is 36.4 Å². The molecule has 3 heterocycles. The molecule has 2 aromatic rings. The Bertz CT molecular complexity index is 1080. The summed E-state index contributed by atoms with van der Waals surface area (Å²) in [7, 11) is -3.57. The Kier molecular flexibility index (Phi) is 6.13. The third-order valence-electron chi connectivity index (χ3n) is 5.54. The highest BCUT2D eigenvalue weighted by atomic mass is 32.2. The molecule has 11 heteroatoms. The van der Waals surface area contributed by atoms with Crippen LogP contribution in [0, 0.1) is 0 Å². The number of alkyl halides is 3. The molecule has 1 aromatic carbocycles. The number of carbonyl (C=O) groups is 1. The maximum absolute atomic E-state index is 12.8. The summed E-state index contributed by atoms with van der Waals surface area (Å²) in [6, 6.07) is 7.49. The van der Waals surface area contributed by atoms with E-state index in [2.05, 4.69) is 4.98 Å². The minimum atomic E-state index is -4.49. The number of halogens is 3. The van der Waals surface area contributed by atoms with Crippen LogP contribution in [0.15, 0.2) is 47.5 Å². The smallest absolute Gasteiger partial charge is 0.416 e. The summed E-state index contributed by atoms with van der Waals surface area (Å²) in [4.78, 5) is 18.0. The average Bonchev–Trinajstić information content (AvgIpc) is 2.76. The van der Waals surface area contributed by atoms with Crippen LogP contribution < -0.4 is 4.74 Å². The third kappa shape index (κ3) is 4.73. The van der Waals surface area contributed by atoms with Crippen LogP contribution >= 0.6 is 0 Å². The van der Waals surface area contributed by atoms with Gasteiger partial charge in [-0.25, -0.2) is 13.4 Å². The second-order valence-corrected chi connectivity index (χ2v) is 9.76. The Morgan fingerprint density at radius 1 is 1.03 bits per heavy atom. The Balaban J connectivity index is 1.34. The molecular formula is C21H22F3N3O4S. The molecule has 7 nitrogen and oxygen atoms in total. The van der Waals surface area contributed by atoms with Gasteiger partial charge in [-0.15, -0.1) is 0 Å². The fourth-order valence-corrected chi connectivity index (χ4v) is 5.22. The van der Waals surface area contributed by atoms with E-state index in [1.165, 1.54) is 33.5 Å². The molecule has 2 fully saturated rings. The van der Waals surface area contributed by atoms with Crippen molar-refractivity contribution in [3.05, 3.63) is 53.7 Å². The summed E-state index contributed by atoms with van der Waals surface area (Å²) in [5.74, 6) is -0.451. The van der Waals surface area contributed by atoms with Gasteiger partial charge in [0.25, 0.3) is 5.91 Å². The normalized spacial score (nSPS) is 18.3. The quantitative estimate of drug-likeness (QED) is 0.672. The lowest BCUT2D eigenvalue weighted by Crippen LogP contribution is -2.56. The van der Waals surface area contributed by atoms with Crippen molar-refractivity contribution >= 4 is 15.9 Å². The van der Waals surface area contributed by atoms with E-state index >= 15 is 0 Å². The fraction of sp³-hybridized carbons (Fsp3) is 0.429. The molecule has 0 spiro atoms. The minimum absolute atomic E-state index is 0.149. The van der Waals surface area contributed by atoms with Gasteiger partial charge in [0, 0.05) is 30.9 Å². The zero-order valence-electron chi connectivity index (χ0n) is 17.1. The molecule has 32 heavy (non-hydrogen) atoms. The van der Waals surface area contributed by atoms with Crippen LogP contribution in [0.2, 0.25) is 0 Å². The molecule has 0 atom stereocenters. The van der Waals surface area contributed by atoms with Crippen molar-refractivity contribution in [1.29, 1.82) is 0 Å². The van der Waals surface area contributed by atoms with Gasteiger partial charge in [-0.1, -0.05) is 6.42 Å². The van der Waals surface area contributed by atoms with Crippen LogP contribution in [-0.2, 0) is 16.2 Å². The summed E-state index contributed by atoms with van der Waals surface area (Å²) in [6.45, 7) is 1.40. The summed E-state index contributed by atoms with van der Waals surface area (Å²) < 4.78 is 70.7. The summed E-state index contributed by atoms with van der Waals surface area (Å²) >= 11 is 0. The van der Waals surface area contributed by atoms with Crippen LogP contribution in [0.5, 0.6) is 5.88 Å². The van der Waals surface area contributed by atoms with E-state index in [0.717, 1.165) is 37.6 Å². The lowest BCUT2D eigenvalue weighted by atomic mass is 10.1. The van der Waals surface area contributed by atoms with Crippen LogP contribution in [0.25, 0.3) is 0 Å². The summed E-state index contributed by atoms with van der Waals surface area (Å²) in [5.41, 5.74) is -0.521. The van der Waals surface area contributed by atoms with Gasteiger partial charge >= 0.3 is 6.18 Å². The van der Waals surface area contributed by atoms with Crippen LogP contribution in [0.4, 0.5) is 13.2 Å². The number of hydrogen-bond donors (Lipinski definition) is 0. The van der Waals surface area contributed by atoms with Gasteiger partial charge in [0.2, 0.25) is 15.9 Å². The molecule has 0 unspecified atom stereocenters. The Labute approximate surface area is 183 Å². The van der Waals surface area contributed by atoms with Gasteiger partial charge in [0.05, 0.1) is 23.5 Å². The van der Waals surface area contributed by atoms with Gasteiger partial charge in [0.15, 0.2) is 0 Å². The molecule has 0 bridgehead atoms. The van der Waals surface area contributed by atoms with E-state index in [0.29, 0.717) is 18.7 Å². The zero-order valence-corrected chi connectivity index (χ0v) is 17.9. The Morgan fingerprint density at radius 3 is 2.31 bits per heavy atom. The number of carbonyl (C=O) groups excluding carboxylic acids is 1. The van der Waals surface area contributed by atoms with Crippen molar-refractivity contribution in [2.75, 3.05) is 26.2 Å². The van der Waals surface area contributed by atoms with Gasteiger partial charge in [-0.2, -0.15) is 17.5 Å². The predicted octanol–water partition coefficient (Wildman–Crippen LogP) is 3.18. The zero-order chi connectivity index (χ0) is 22.9. The van der Waals surface area contributed by atoms with E-state index in [9.17, 15) is 26.4 Å². The molecule has 2 saturated heterocycles. The number of amides is 1. The van der Waals surface area contributed by atoms with Crippen LogP contribution in [0.3, 0.4) is 0 Å². The third-order valence-corrected chi connectivity index (χ3v) is 7.45. The summed E-state index contributed by atoms with van der Waals surface area (Å²) in [6.07, 6.45) is -1.23. The summed E-state index contributed by atoms with van der Waals surface area (Å²) in [5, 5.41) is 0. The standard InChI is InChI=1S/C21H22F3N3O4S/c22-21(23,24)16-8-9-25-19(12-16)31-17-13-26(14-17)20(28)15-4-6-18(7-5-15)32(29,30)27-10-2-1-3-11-27/h4-9,12,17H,1-3,10-11,13-14H2.